The Hall–Kier alpha value is -3.19. The summed E-state index contributed by atoms with van der Waals surface area (Å²) < 4.78 is 4.08. The van der Waals surface area contributed by atoms with Crippen molar-refractivity contribution < 1.29 is 0 Å². The number of rotatable bonds is 5. The van der Waals surface area contributed by atoms with Crippen LogP contribution in [0.1, 0.15) is 40.2 Å². The van der Waals surface area contributed by atoms with Crippen LogP contribution in [0.25, 0.3) is 28.2 Å². The first-order chi connectivity index (χ1) is 15.2. The van der Waals surface area contributed by atoms with E-state index in [-0.39, 0.29) is 0 Å². The molecule has 2 N–H and O–H groups in total. The Labute approximate surface area is 183 Å². The predicted octanol–water partition coefficient (Wildman–Crippen LogP) is 4.64. The number of fused-ring (bicyclic) bond motifs is 1. The second kappa shape index (κ2) is 9.31. The van der Waals surface area contributed by atoms with E-state index in [1.807, 2.05) is 55.2 Å². The number of anilines is 1. The summed E-state index contributed by atoms with van der Waals surface area (Å²) in [6.45, 7) is 10.3. The van der Waals surface area contributed by atoms with E-state index >= 15 is 0 Å². The number of pyridine rings is 2. The van der Waals surface area contributed by atoms with Gasteiger partial charge in [0.05, 0.1) is 23.8 Å². The molecule has 0 saturated carbocycles. The van der Waals surface area contributed by atoms with Gasteiger partial charge in [0.2, 0.25) is 0 Å². The van der Waals surface area contributed by atoms with E-state index in [1.54, 1.807) is 0 Å². The smallest absolute Gasteiger partial charge is 0.137 e. The van der Waals surface area contributed by atoms with Crippen LogP contribution >= 0.6 is 0 Å². The summed E-state index contributed by atoms with van der Waals surface area (Å²) in [5.74, 6) is 0.903. The minimum atomic E-state index is 0.339. The van der Waals surface area contributed by atoms with Crippen molar-refractivity contribution in [2.24, 2.45) is 0 Å². The van der Waals surface area contributed by atoms with Gasteiger partial charge in [-0.2, -0.15) is 5.10 Å². The van der Waals surface area contributed by atoms with E-state index in [9.17, 15) is 0 Å². The van der Waals surface area contributed by atoms with Crippen LogP contribution in [0.2, 0.25) is 0 Å². The molecule has 4 aromatic heterocycles. The predicted molar refractivity (Wildman–Crippen MR) is 126 cm³/mol. The van der Waals surface area contributed by atoms with Gasteiger partial charge in [0.15, 0.2) is 0 Å². The SMILES string of the molecule is CC.CC(C)n1cc(-c2ccc3ncc(-c4cccc(NC5CCNC5)n4)n3c2)cn1. The highest BCUT2D eigenvalue weighted by atomic mass is 15.3. The molecule has 7 nitrogen and oxygen atoms in total. The molecule has 0 aromatic carbocycles. The second-order valence-corrected chi connectivity index (χ2v) is 7.83. The van der Waals surface area contributed by atoms with Gasteiger partial charge >= 0.3 is 0 Å². The lowest BCUT2D eigenvalue weighted by Gasteiger charge is -2.12. The van der Waals surface area contributed by atoms with Crippen LogP contribution < -0.4 is 10.6 Å². The van der Waals surface area contributed by atoms with Crippen molar-refractivity contribution in [3.63, 3.8) is 0 Å². The monoisotopic (exact) mass is 417 g/mol. The molecule has 31 heavy (non-hydrogen) atoms. The quantitative estimate of drug-likeness (QED) is 0.495. The Morgan fingerprint density at radius 2 is 1.94 bits per heavy atom. The maximum atomic E-state index is 4.84. The molecule has 7 heteroatoms. The van der Waals surface area contributed by atoms with Gasteiger partial charge in [0.1, 0.15) is 11.5 Å². The molecule has 5 rings (SSSR count). The lowest BCUT2D eigenvalue weighted by molar-refractivity contribution is 0.532. The van der Waals surface area contributed by atoms with Crippen molar-refractivity contribution in [2.45, 2.75) is 46.2 Å². The Morgan fingerprint density at radius 1 is 1.06 bits per heavy atom. The van der Waals surface area contributed by atoms with E-state index in [0.29, 0.717) is 12.1 Å². The maximum absolute atomic E-state index is 4.84. The van der Waals surface area contributed by atoms with Crippen LogP contribution in [0.15, 0.2) is 55.1 Å². The molecule has 162 valence electrons. The van der Waals surface area contributed by atoms with Crippen molar-refractivity contribution in [1.29, 1.82) is 0 Å². The lowest BCUT2D eigenvalue weighted by Crippen LogP contribution is -2.22. The Morgan fingerprint density at radius 3 is 2.68 bits per heavy atom. The van der Waals surface area contributed by atoms with Crippen LogP contribution in [0.3, 0.4) is 0 Å². The van der Waals surface area contributed by atoms with E-state index in [0.717, 1.165) is 53.5 Å². The summed E-state index contributed by atoms with van der Waals surface area (Å²) in [5.41, 5.74) is 4.99. The molecule has 1 unspecified atom stereocenters. The zero-order valence-corrected chi connectivity index (χ0v) is 18.7. The Bertz CT molecular complexity index is 1140. The first kappa shape index (κ1) is 21.1. The number of hydrogen-bond donors (Lipinski definition) is 2. The third-order valence-corrected chi connectivity index (χ3v) is 5.39. The largest absolute Gasteiger partial charge is 0.366 e. The molecule has 4 aromatic rings. The normalized spacial score (nSPS) is 15.8. The van der Waals surface area contributed by atoms with Gasteiger partial charge in [-0.05, 0) is 51.1 Å². The van der Waals surface area contributed by atoms with Crippen molar-refractivity contribution in [1.82, 2.24) is 29.5 Å². The lowest BCUT2D eigenvalue weighted by atomic mass is 10.1. The zero-order chi connectivity index (χ0) is 21.8. The minimum Gasteiger partial charge on any atom is -0.366 e. The first-order valence-electron chi connectivity index (χ1n) is 11.1. The van der Waals surface area contributed by atoms with Crippen LogP contribution in [0.5, 0.6) is 0 Å². The molecule has 1 aliphatic heterocycles. The first-order valence-corrected chi connectivity index (χ1v) is 11.1. The fourth-order valence-corrected chi connectivity index (χ4v) is 3.76. The van der Waals surface area contributed by atoms with Gasteiger partial charge in [0, 0.05) is 42.1 Å². The van der Waals surface area contributed by atoms with Crippen molar-refractivity contribution >= 4 is 11.5 Å². The minimum absolute atomic E-state index is 0.339. The third kappa shape index (κ3) is 4.46. The standard InChI is InChI=1S/C22H25N7.C2H6/c1-15(2)29-14-17(10-25-29)16-6-7-22-24-12-20(28(22)13-16)19-4-3-5-21(27-19)26-18-8-9-23-11-18;1-2/h3-7,10,12-15,18,23H,8-9,11H2,1-2H3,(H,26,27);1-2H3. The number of nitrogens with zero attached hydrogens (tertiary/aromatic N) is 5. The third-order valence-electron chi connectivity index (χ3n) is 5.39. The number of imidazole rings is 1. The topological polar surface area (TPSA) is 72.1 Å². The van der Waals surface area contributed by atoms with Crippen molar-refractivity contribution in [2.75, 3.05) is 18.4 Å². The fourth-order valence-electron chi connectivity index (χ4n) is 3.76. The summed E-state index contributed by atoms with van der Waals surface area (Å²) in [6, 6.07) is 11.0. The average Bonchev–Trinajstić information content (AvgIpc) is 3.55. The molecule has 0 radical (unpaired) electrons. The van der Waals surface area contributed by atoms with Gasteiger partial charge in [0.25, 0.3) is 0 Å². The number of hydrogen-bond acceptors (Lipinski definition) is 5. The van der Waals surface area contributed by atoms with Crippen molar-refractivity contribution in [3.8, 4) is 22.5 Å². The number of aromatic nitrogens is 5. The summed E-state index contributed by atoms with van der Waals surface area (Å²) in [5, 5.41) is 11.4. The summed E-state index contributed by atoms with van der Waals surface area (Å²) in [7, 11) is 0. The number of nitrogens with one attached hydrogen (secondary N) is 2. The van der Waals surface area contributed by atoms with Gasteiger partial charge in [-0.15, -0.1) is 0 Å². The molecule has 5 heterocycles. The molecule has 0 amide bonds. The Balaban J connectivity index is 0.00000112. The molecule has 1 fully saturated rings. The van der Waals surface area contributed by atoms with Crippen LogP contribution in [0.4, 0.5) is 5.82 Å². The van der Waals surface area contributed by atoms with E-state index in [1.165, 1.54) is 0 Å². The van der Waals surface area contributed by atoms with Gasteiger partial charge < -0.3 is 10.6 Å². The Kier molecular flexibility index (Phi) is 6.32. The molecular weight excluding hydrogens is 386 g/mol. The summed E-state index contributed by atoms with van der Waals surface area (Å²) in [6.07, 6.45) is 9.12. The highest BCUT2D eigenvalue weighted by Crippen LogP contribution is 2.25. The second-order valence-electron chi connectivity index (χ2n) is 7.83. The van der Waals surface area contributed by atoms with E-state index < -0.39 is 0 Å². The van der Waals surface area contributed by atoms with Gasteiger partial charge in [-0.1, -0.05) is 19.9 Å². The van der Waals surface area contributed by atoms with Crippen LogP contribution in [0, 0.1) is 0 Å². The van der Waals surface area contributed by atoms with E-state index in [4.69, 9.17) is 4.98 Å². The molecule has 1 saturated heterocycles. The summed E-state index contributed by atoms with van der Waals surface area (Å²) >= 11 is 0. The summed E-state index contributed by atoms with van der Waals surface area (Å²) in [4.78, 5) is 9.41. The van der Waals surface area contributed by atoms with Gasteiger partial charge in [-0.3, -0.25) is 9.08 Å². The molecule has 0 bridgehead atoms. The average molecular weight is 418 g/mol. The molecule has 1 atom stereocenters. The van der Waals surface area contributed by atoms with Crippen LogP contribution in [-0.4, -0.2) is 43.3 Å². The fraction of sp³-hybridized carbons (Fsp3) is 0.375. The van der Waals surface area contributed by atoms with E-state index in [2.05, 4.69) is 57.4 Å². The molecule has 1 aliphatic rings. The van der Waals surface area contributed by atoms with Crippen LogP contribution in [-0.2, 0) is 0 Å². The highest BCUT2D eigenvalue weighted by molar-refractivity contribution is 5.67. The molecule has 0 spiro atoms. The maximum Gasteiger partial charge on any atom is 0.137 e. The van der Waals surface area contributed by atoms with Crippen molar-refractivity contribution in [3.05, 3.63) is 55.1 Å². The van der Waals surface area contributed by atoms with Gasteiger partial charge in [-0.25, -0.2) is 9.97 Å². The molecular formula is C24H31N7. The molecule has 0 aliphatic carbocycles. The zero-order valence-electron chi connectivity index (χ0n) is 18.7. The highest BCUT2D eigenvalue weighted by Gasteiger charge is 2.15.